The zero-order valence-electron chi connectivity index (χ0n) is 14.0. The van der Waals surface area contributed by atoms with Crippen LogP contribution < -0.4 is 10.1 Å². The number of rotatable bonds is 6. The Morgan fingerprint density at radius 1 is 1.15 bits per heavy atom. The topological polar surface area (TPSA) is 30.5 Å². The molecule has 1 N–H and O–H groups in total. The fraction of sp³-hybridized carbons (Fsp3) is 0.647. The zero-order valence-corrected chi connectivity index (χ0v) is 14.0. The van der Waals surface area contributed by atoms with E-state index in [4.69, 9.17) is 9.47 Å². The third kappa shape index (κ3) is 5.51. The van der Waals surface area contributed by atoms with Gasteiger partial charge in [-0.2, -0.15) is 0 Å². The maximum Gasteiger partial charge on any atom is 0.125 e. The summed E-state index contributed by atoms with van der Waals surface area (Å²) in [5, 5.41) is 3.51. The van der Waals surface area contributed by atoms with Crippen LogP contribution in [0.25, 0.3) is 0 Å². The molecule has 0 spiro atoms. The summed E-state index contributed by atoms with van der Waals surface area (Å²) in [5.41, 5.74) is 3.78. The third-order valence-electron chi connectivity index (χ3n) is 3.06. The minimum atomic E-state index is 0.0657. The number of hydrogen-bond donors (Lipinski definition) is 1. The Morgan fingerprint density at radius 2 is 1.70 bits per heavy atom. The number of hydrogen-bond acceptors (Lipinski definition) is 3. The molecule has 0 radical (unpaired) electrons. The highest BCUT2D eigenvalue weighted by atomic mass is 16.5. The first-order valence-corrected chi connectivity index (χ1v) is 7.23. The molecule has 114 valence electrons. The Hall–Kier alpha value is -1.06. The van der Waals surface area contributed by atoms with Crippen LogP contribution in [0, 0.1) is 13.8 Å². The van der Waals surface area contributed by atoms with Gasteiger partial charge in [0.1, 0.15) is 11.9 Å². The molecule has 0 aliphatic heterocycles. The zero-order chi connectivity index (χ0) is 15.3. The third-order valence-corrected chi connectivity index (χ3v) is 3.06. The maximum atomic E-state index is 5.97. The fourth-order valence-corrected chi connectivity index (χ4v) is 2.17. The standard InChI is InChI=1S/C17H29NO2/c1-12-8-15(10-18-17(4,5)6)9-13(2)16(12)20-14(3)11-19-7/h8-9,14,18H,10-11H2,1-7H3. The van der Waals surface area contributed by atoms with E-state index in [0.717, 1.165) is 12.3 Å². The molecular weight excluding hydrogens is 250 g/mol. The van der Waals surface area contributed by atoms with Gasteiger partial charge in [-0.3, -0.25) is 0 Å². The van der Waals surface area contributed by atoms with E-state index in [1.165, 1.54) is 16.7 Å². The van der Waals surface area contributed by atoms with Gasteiger partial charge in [-0.05, 0) is 58.2 Å². The fourth-order valence-electron chi connectivity index (χ4n) is 2.17. The minimum absolute atomic E-state index is 0.0657. The van der Waals surface area contributed by atoms with Crippen molar-refractivity contribution < 1.29 is 9.47 Å². The molecule has 0 aliphatic rings. The number of methoxy groups -OCH3 is 1. The predicted octanol–water partition coefficient (Wildman–Crippen LogP) is 3.61. The highest BCUT2D eigenvalue weighted by Gasteiger charge is 2.12. The molecule has 0 aliphatic carbocycles. The van der Waals surface area contributed by atoms with Gasteiger partial charge in [0.25, 0.3) is 0 Å². The van der Waals surface area contributed by atoms with Gasteiger partial charge in [0.05, 0.1) is 6.61 Å². The second-order valence-corrected chi connectivity index (χ2v) is 6.55. The lowest BCUT2D eigenvalue weighted by Gasteiger charge is -2.22. The first-order valence-electron chi connectivity index (χ1n) is 7.23. The normalized spacial score (nSPS) is 13.3. The second-order valence-electron chi connectivity index (χ2n) is 6.55. The lowest BCUT2D eigenvalue weighted by atomic mass is 10.0. The molecule has 3 nitrogen and oxygen atoms in total. The van der Waals surface area contributed by atoms with Crippen molar-refractivity contribution in [2.45, 2.75) is 59.7 Å². The van der Waals surface area contributed by atoms with Crippen molar-refractivity contribution in [3.63, 3.8) is 0 Å². The molecular formula is C17H29NO2. The maximum absolute atomic E-state index is 5.97. The van der Waals surface area contributed by atoms with Crippen molar-refractivity contribution in [2.24, 2.45) is 0 Å². The summed E-state index contributed by atoms with van der Waals surface area (Å²) >= 11 is 0. The van der Waals surface area contributed by atoms with E-state index < -0.39 is 0 Å². The molecule has 1 aromatic rings. The first-order chi connectivity index (χ1) is 9.23. The second kappa shape index (κ2) is 7.09. The Labute approximate surface area is 123 Å². The molecule has 1 unspecified atom stereocenters. The highest BCUT2D eigenvalue weighted by Crippen LogP contribution is 2.26. The number of aryl methyl sites for hydroxylation is 2. The summed E-state index contributed by atoms with van der Waals surface area (Å²) in [6.45, 7) is 14.2. The molecule has 20 heavy (non-hydrogen) atoms. The molecule has 0 amide bonds. The average molecular weight is 279 g/mol. The van der Waals surface area contributed by atoms with E-state index in [1.807, 2.05) is 6.92 Å². The smallest absolute Gasteiger partial charge is 0.125 e. The van der Waals surface area contributed by atoms with E-state index in [-0.39, 0.29) is 11.6 Å². The van der Waals surface area contributed by atoms with Crippen LogP contribution >= 0.6 is 0 Å². The van der Waals surface area contributed by atoms with Crippen molar-refractivity contribution in [3.8, 4) is 5.75 Å². The summed E-state index contributed by atoms with van der Waals surface area (Å²) in [6.07, 6.45) is 0.0657. The monoisotopic (exact) mass is 279 g/mol. The van der Waals surface area contributed by atoms with Gasteiger partial charge in [0.15, 0.2) is 0 Å². The molecule has 1 atom stereocenters. The Balaban J connectivity index is 2.81. The minimum Gasteiger partial charge on any atom is -0.488 e. The summed E-state index contributed by atoms with van der Waals surface area (Å²) < 4.78 is 11.1. The van der Waals surface area contributed by atoms with Crippen LogP contribution in [-0.4, -0.2) is 25.4 Å². The molecule has 0 saturated carbocycles. The lowest BCUT2D eigenvalue weighted by molar-refractivity contribution is 0.0911. The van der Waals surface area contributed by atoms with Gasteiger partial charge >= 0.3 is 0 Å². The Bertz CT molecular complexity index is 412. The predicted molar refractivity (Wildman–Crippen MR) is 84.5 cm³/mol. The Kier molecular flexibility index (Phi) is 6.03. The van der Waals surface area contributed by atoms with E-state index in [0.29, 0.717) is 6.61 Å². The summed E-state index contributed by atoms with van der Waals surface area (Å²) in [4.78, 5) is 0. The van der Waals surface area contributed by atoms with Crippen LogP contribution in [0.15, 0.2) is 12.1 Å². The quantitative estimate of drug-likeness (QED) is 0.863. The van der Waals surface area contributed by atoms with Crippen LogP contribution in [0.3, 0.4) is 0 Å². The largest absolute Gasteiger partial charge is 0.488 e. The number of benzene rings is 1. The van der Waals surface area contributed by atoms with Gasteiger partial charge < -0.3 is 14.8 Å². The SMILES string of the molecule is COCC(C)Oc1c(C)cc(CNC(C)(C)C)cc1C. The molecule has 0 saturated heterocycles. The molecule has 1 rings (SSSR count). The van der Waals surface area contributed by atoms with Gasteiger partial charge in [-0.1, -0.05) is 12.1 Å². The Morgan fingerprint density at radius 3 is 2.15 bits per heavy atom. The highest BCUT2D eigenvalue weighted by molar-refractivity contribution is 5.43. The van der Waals surface area contributed by atoms with E-state index >= 15 is 0 Å². The van der Waals surface area contributed by atoms with E-state index in [2.05, 4.69) is 52.1 Å². The lowest BCUT2D eigenvalue weighted by Crippen LogP contribution is -2.35. The number of nitrogens with one attached hydrogen (secondary N) is 1. The summed E-state index contributed by atoms with van der Waals surface area (Å²) in [5.74, 6) is 0.981. The van der Waals surface area contributed by atoms with E-state index in [1.54, 1.807) is 7.11 Å². The van der Waals surface area contributed by atoms with Gasteiger partial charge in [0.2, 0.25) is 0 Å². The summed E-state index contributed by atoms with van der Waals surface area (Å²) in [6, 6.07) is 4.39. The van der Waals surface area contributed by atoms with Crippen LogP contribution in [0.1, 0.15) is 44.4 Å². The van der Waals surface area contributed by atoms with Crippen LogP contribution in [0.5, 0.6) is 5.75 Å². The van der Waals surface area contributed by atoms with Crippen LogP contribution in [0.2, 0.25) is 0 Å². The molecule has 0 heterocycles. The van der Waals surface area contributed by atoms with Gasteiger partial charge in [-0.25, -0.2) is 0 Å². The molecule has 3 heteroatoms. The van der Waals surface area contributed by atoms with Crippen molar-refractivity contribution >= 4 is 0 Å². The molecule has 0 aromatic heterocycles. The van der Waals surface area contributed by atoms with Crippen molar-refractivity contribution in [2.75, 3.05) is 13.7 Å². The van der Waals surface area contributed by atoms with Gasteiger partial charge in [0, 0.05) is 19.2 Å². The van der Waals surface area contributed by atoms with E-state index in [9.17, 15) is 0 Å². The summed E-state index contributed by atoms with van der Waals surface area (Å²) in [7, 11) is 1.70. The first kappa shape index (κ1) is 17.0. The van der Waals surface area contributed by atoms with Crippen LogP contribution in [0.4, 0.5) is 0 Å². The van der Waals surface area contributed by atoms with Crippen LogP contribution in [-0.2, 0) is 11.3 Å². The van der Waals surface area contributed by atoms with Crippen molar-refractivity contribution in [3.05, 3.63) is 28.8 Å². The van der Waals surface area contributed by atoms with Crippen molar-refractivity contribution in [1.82, 2.24) is 5.32 Å². The van der Waals surface area contributed by atoms with Gasteiger partial charge in [-0.15, -0.1) is 0 Å². The number of ether oxygens (including phenoxy) is 2. The molecule has 0 bridgehead atoms. The average Bonchev–Trinajstić information content (AvgIpc) is 2.31. The molecule has 0 fully saturated rings. The van der Waals surface area contributed by atoms with Crippen molar-refractivity contribution in [1.29, 1.82) is 0 Å². The molecule has 1 aromatic carbocycles.